The first-order chi connectivity index (χ1) is 15.7. The van der Waals surface area contributed by atoms with Crippen molar-refractivity contribution in [2.24, 2.45) is 0 Å². The topological polar surface area (TPSA) is 64.6 Å². The summed E-state index contributed by atoms with van der Waals surface area (Å²) >= 11 is 0. The van der Waals surface area contributed by atoms with Crippen molar-refractivity contribution in [1.82, 2.24) is 4.72 Å². The third kappa shape index (κ3) is 8.81. The van der Waals surface area contributed by atoms with E-state index in [1.54, 1.807) is 4.74 Å². The van der Waals surface area contributed by atoms with Gasteiger partial charge in [0.1, 0.15) is 0 Å². The molecule has 0 aromatic carbocycles. The van der Waals surface area contributed by atoms with E-state index in [0.29, 0.717) is 0 Å². The fourth-order valence-electron chi connectivity index (χ4n) is 1.37. The molecule has 0 heterocycles. The average molecular weight is 599 g/mol. The van der Waals surface area contributed by atoms with Crippen LogP contribution in [0.3, 0.4) is 0 Å². The SMILES string of the molecule is CCCCNS(=O)(=O)C(F)(F)C(F)(F)OC(F)(C(F)(F)F)C(F)(F)OC(F)=C(F)F.FC(F)=C(F)F. The molecule has 0 aliphatic heterocycles. The van der Waals surface area contributed by atoms with Crippen molar-refractivity contribution in [2.45, 2.75) is 49.3 Å². The van der Waals surface area contributed by atoms with Crippen LogP contribution in [0.4, 0.5) is 74.6 Å². The van der Waals surface area contributed by atoms with E-state index in [-0.39, 0.29) is 12.8 Å². The Bertz CT molecular complexity index is 879. The van der Waals surface area contributed by atoms with Crippen LogP contribution in [-0.4, -0.2) is 44.5 Å². The number of halogens is 17. The van der Waals surface area contributed by atoms with Crippen LogP contribution in [0.15, 0.2) is 24.3 Å². The quantitative estimate of drug-likeness (QED) is 0.162. The summed E-state index contributed by atoms with van der Waals surface area (Å²) in [5, 5.41) is -6.81. The molecule has 0 saturated heterocycles. The highest BCUT2D eigenvalue weighted by molar-refractivity contribution is 7.90. The Morgan fingerprint density at radius 2 is 1.14 bits per heavy atom. The minimum Gasteiger partial charge on any atom is -0.398 e. The molecule has 0 saturated carbocycles. The van der Waals surface area contributed by atoms with E-state index < -0.39 is 70.3 Å². The van der Waals surface area contributed by atoms with Crippen LogP contribution in [0.1, 0.15) is 19.8 Å². The maximum atomic E-state index is 13.7. The number of rotatable bonds is 11. The zero-order chi connectivity index (χ0) is 29.6. The van der Waals surface area contributed by atoms with Crippen molar-refractivity contribution < 1.29 is 92.5 Å². The van der Waals surface area contributed by atoms with E-state index in [1.807, 2.05) is 4.74 Å². The van der Waals surface area contributed by atoms with Crippen molar-refractivity contribution in [3.05, 3.63) is 24.3 Å². The Labute approximate surface area is 188 Å². The van der Waals surface area contributed by atoms with E-state index in [9.17, 15) is 83.1 Å². The van der Waals surface area contributed by atoms with Gasteiger partial charge in [0.25, 0.3) is 10.0 Å². The number of hydrogen-bond donors (Lipinski definition) is 1. The van der Waals surface area contributed by atoms with E-state index in [4.69, 9.17) is 0 Å². The third-order valence-corrected chi connectivity index (χ3v) is 4.51. The summed E-state index contributed by atoms with van der Waals surface area (Å²) < 4.78 is 236. The second-order valence-electron chi connectivity index (χ2n) is 5.65. The van der Waals surface area contributed by atoms with Crippen LogP contribution in [0.25, 0.3) is 0 Å². The van der Waals surface area contributed by atoms with Crippen molar-refractivity contribution in [2.75, 3.05) is 6.54 Å². The molecule has 0 rings (SSSR count). The number of unbranched alkanes of at least 4 members (excludes halogenated alkanes) is 1. The number of sulfonamides is 1. The fourth-order valence-corrected chi connectivity index (χ4v) is 2.31. The smallest absolute Gasteiger partial charge is 0.398 e. The molecule has 23 heteroatoms. The first kappa shape index (κ1) is 36.1. The number of hydrogen-bond acceptors (Lipinski definition) is 4. The van der Waals surface area contributed by atoms with Crippen LogP contribution >= 0.6 is 0 Å². The molecule has 0 aromatic heterocycles. The molecule has 0 spiro atoms. The minimum absolute atomic E-state index is 0.0937. The monoisotopic (exact) mass is 599 g/mol. The number of nitrogens with one attached hydrogen (secondary N) is 1. The number of ether oxygens (including phenoxy) is 2. The van der Waals surface area contributed by atoms with Crippen molar-refractivity contribution in [3.8, 4) is 0 Å². The zero-order valence-corrected chi connectivity index (χ0v) is 17.4. The van der Waals surface area contributed by atoms with E-state index in [1.165, 1.54) is 6.92 Å². The van der Waals surface area contributed by atoms with Crippen LogP contribution < -0.4 is 4.72 Å². The molecule has 1 unspecified atom stereocenters. The second kappa shape index (κ2) is 12.5. The van der Waals surface area contributed by atoms with Gasteiger partial charge in [-0.25, -0.2) is 13.1 Å². The lowest BCUT2D eigenvalue weighted by Crippen LogP contribution is -2.65. The van der Waals surface area contributed by atoms with Gasteiger partial charge in [-0.2, -0.15) is 74.6 Å². The predicted molar refractivity (Wildman–Crippen MR) is 80.5 cm³/mol. The fraction of sp³-hybridized carbons (Fsp3) is 0.692. The Hall–Kier alpha value is -2.04. The lowest BCUT2D eigenvalue weighted by Gasteiger charge is -2.36. The summed E-state index contributed by atoms with van der Waals surface area (Å²) in [6.45, 7) is 0.385. The van der Waals surface area contributed by atoms with Gasteiger partial charge in [0.15, 0.2) is 0 Å². The summed E-state index contributed by atoms with van der Waals surface area (Å²) in [5.41, 5.74) is 0. The summed E-state index contributed by atoms with van der Waals surface area (Å²) in [6.07, 6.45) is -31.7. The lowest BCUT2D eigenvalue weighted by molar-refractivity contribution is -0.510. The van der Waals surface area contributed by atoms with Crippen LogP contribution in [-0.2, 0) is 19.5 Å². The molecule has 0 amide bonds. The Balaban J connectivity index is 0. The van der Waals surface area contributed by atoms with Crippen molar-refractivity contribution in [3.63, 3.8) is 0 Å². The van der Waals surface area contributed by atoms with Crippen LogP contribution in [0, 0.1) is 0 Å². The molecule has 216 valence electrons. The molecule has 0 bridgehead atoms. The maximum absolute atomic E-state index is 13.7. The van der Waals surface area contributed by atoms with E-state index in [2.05, 4.69) is 0 Å². The van der Waals surface area contributed by atoms with Crippen molar-refractivity contribution in [1.29, 1.82) is 0 Å². The zero-order valence-electron chi connectivity index (χ0n) is 16.6. The molecule has 1 N–H and O–H groups in total. The van der Waals surface area contributed by atoms with E-state index >= 15 is 0 Å². The van der Waals surface area contributed by atoms with Gasteiger partial charge in [0.05, 0.1) is 0 Å². The summed E-state index contributed by atoms with van der Waals surface area (Å²) in [7, 11) is -6.67. The van der Waals surface area contributed by atoms with Gasteiger partial charge in [-0.3, -0.25) is 4.74 Å². The Kier molecular flexibility index (Phi) is 12.5. The average Bonchev–Trinajstić information content (AvgIpc) is 2.66. The molecule has 1 atom stereocenters. The highest BCUT2D eigenvalue weighted by Crippen LogP contribution is 2.53. The summed E-state index contributed by atoms with van der Waals surface area (Å²) in [5.74, 6) is -7.43. The Morgan fingerprint density at radius 3 is 1.44 bits per heavy atom. The molecule has 0 aliphatic carbocycles. The van der Waals surface area contributed by atoms with Gasteiger partial charge < -0.3 is 4.74 Å². The number of alkyl halides is 10. The predicted octanol–water partition coefficient (Wildman–Crippen LogP) is 6.77. The maximum Gasteiger partial charge on any atom is 0.471 e. The van der Waals surface area contributed by atoms with Gasteiger partial charge in [-0.1, -0.05) is 13.3 Å². The second-order valence-corrected chi connectivity index (χ2v) is 7.46. The normalized spacial score (nSPS) is 14.8. The van der Waals surface area contributed by atoms with Crippen molar-refractivity contribution >= 4 is 10.0 Å². The molecular formula is C13H10F17NO4S. The molecule has 0 radical (unpaired) electrons. The van der Waals surface area contributed by atoms with Gasteiger partial charge in [0, 0.05) is 6.54 Å². The highest BCUT2D eigenvalue weighted by Gasteiger charge is 2.82. The van der Waals surface area contributed by atoms with Gasteiger partial charge in [-0.05, 0) is 6.42 Å². The molecular weight excluding hydrogens is 589 g/mol. The molecule has 36 heavy (non-hydrogen) atoms. The van der Waals surface area contributed by atoms with Gasteiger partial charge in [-0.15, -0.1) is 0 Å². The molecule has 0 aromatic rings. The van der Waals surface area contributed by atoms with Gasteiger partial charge in [0.2, 0.25) is 0 Å². The highest BCUT2D eigenvalue weighted by atomic mass is 32.2. The first-order valence-corrected chi connectivity index (χ1v) is 9.56. The standard InChI is InChI=1S/C11H10F13NO4S.C2F4/c1-2-3-4-25-30(26,27)11(23,24)10(21,22)29-7(15,8(16,17)18)9(19,20)28-6(14)5(12)13;3-1(4)2(5)6/h25H,2-4H2,1H3;. The third-order valence-electron chi connectivity index (χ3n) is 3.02. The largest absolute Gasteiger partial charge is 0.471 e. The van der Waals surface area contributed by atoms with Crippen LogP contribution in [0.5, 0.6) is 0 Å². The lowest BCUT2D eigenvalue weighted by atomic mass is 10.2. The van der Waals surface area contributed by atoms with E-state index in [0.717, 1.165) is 4.72 Å². The van der Waals surface area contributed by atoms with Gasteiger partial charge >= 0.3 is 53.8 Å². The Morgan fingerprint density at radius 1 is 0.722 bits per heavy atom. The molecule has 5 nitrogen and oxygen atoms in total. The minimum atomic E-state index is -7.47. The van der Waals surface area contributed by atoms with Crippen LogP contribution in [0.2, 0.25) is 0 Å². The summed E-state index contributed by atoms with van der Waals surface area (Å²) in [6, 6.07) is -3.90. The summed E-state index contributed by atoms with van der Waals surface area (Å²) in [4.78, 5) is 0. The molecule has 0 fully saturated rings. The molecule has 0 aliphatic rings. The first-order valence-electron chi connectivity index (χ1n) is 8.08.